The van der Waals surface area contributed by atoms with Gasteiger partial charge in [-0.15, -0.1) is 0 Å². The van der Waals surface area contributed by atoms with Crippen LogP contribution < -0.4 is 0 Å². The summed E-state index contributed by atoms with van der Waals surface area (Å²) in [6.07, 6.45) is 2.87. The van der Waals surface area contributed by atoms with Crippen LogP contribution in [-0.2, 0) is 0 Å². The molecule has 0 bridgehead atoms. The molecule has 0 fully saturated rings. The van der Waals surface area contributed by atoms with Crippen molar-refractivity contribution in [2.24, 2.45) is 11.8 Å². The van der Waals surface area contributed by atoms with Crippen LogP contribution in [0.15, 0.2) is 0 Å². The molecule has 0 atom stereocenters. The van der Waals surface area contributed by atoms with Crippen LogP contribution in [0.4, 0.5) is 0 Å². The Morgan fingerprint density at radius 2 is 1.00 bits per heavy atom. The molecule has 0 aliphatic carbocycles. The predicted molar refractivity (Wildman–Crippen MR) is 72.0 cm³/mol. The molecule has 0 aromatic heterocycles. The molecule has 0 aromatic carbocycles. The first-order chi connectivity index (χ1) is 5.54. The van der Waals surface area contributed by atoms with Crippen molar-refractivity contribution in [1.82, 2.24) is 0 Å². The van der Waals surface area contributed by atoms with Gasteiger partial charge in [0.25, 0.3) is 0 Å². The molecule has 0 radical (unpaired) electrons. The van der Waals surface area contributed by atoms with Gasteiger partial charge in [-0.25, -0.2) is 0 Å². The van der Waals surface area contributed by atoms with Gasteiger partial charge in [0.15, 0.2) is 0 Å². The van der Waals surface area contributed by atoms with Crippen molar-refractivity contribution in [1.29, 1.82) is 0 Å². The second-order valence-corrected chi connectivity index (χ2v) is 6.37. The van der Waals surface area contributed by atoms with Crippen LogP contribution >= 0.6 is 0 Å². The molecular weight excluding hydrogens is 192 g/mol. The molecule has 0 aliphatic rings. The molecule has 0 rings (SSSR count). The minimum absolute atomic E-state index is 0. The summed E-state index contributed by atoms with van der Waals surface area (Å²) in [5, 5.41) is 0. The molecule has 0 spiro atoms. The second kappa shape index (κ2) is 14.9. The van der Waals surface area contributed by atoms with E-state index < -0.39 is 0 Å². The normalized spacial score (nSPS) is 9.69. The van der Waals surface area contributed by atoms with Crippen molar-refractivity contribution in [2.45, 2.75) is 52.6 Å². The van der Waals surface area contributed by atoms with E-state index in [0.29, 0.717) is 0 Å². The molecule has 0 saturated heterocycles. The van der Waals surface area contributed by atoms with Gasteiger partial charge in [-0.1, -0.05) is 52.6 Å². The molecule has 0 saturated carbocycles. The fraction of sp³-hybridized carbons (Fsp3) is 1.00. The summed E-state index contributed by atoms with van der Waals surface area (Å²) in [4.78, 5) is 0. The maximum atomic E-state index is 2.28. The molecule has 0 aliphatic heterocycles. The summed E-state index contributed by atoms with van der Waals surface area (Å²) in [6, 6.07) is 2.94. The number of hydrogen-bond donors (Lipinski definition) is 0. The third-order valence-electron chi connectivity index (χ3n) is 1.73. The fourth-order valence-electron chi connectivity index (χ4n) is 1.15. The van der Waals surface area contributed by atoms with E-state index in [-0.39, 0.29) is 5.48 Å². The zero-order chi connectivity index (χ0) is 9.98. The third-order valence-corrected chi connectivity index (χ3v) is 2.89. The highest BCUT2D eigenvalue weighted by Crippen LogP contribution is 2.00. The maximum absolute atomic E-state index is 2.28. The molecule has 84 valence electrons. The van der Waals surface area contributed by atoms with E-state index in [0.717, 1.165) is 11.8 Å². The highest BCUT2D eigenvalue weighted by atomic mass is 28.1. The van der Waals surface area contributed by atoms with Crippen molar-refractivity contribution in [3.05, 3.63) is 0 Å². The Bertz CT molecular complexity index is 65.3. The summed E-state index contributed by atoms with van der Waals surface area (Å²) in [5.74, 6) is 1.87. The van der Waals surface area contributed by atoms with Crippen LogP contribution in [0.2, 0.25) is 12.1 Å². The van der Waals surface area contributed by atoms with E-state index in [4.69, 9.17) is 0 Å². The van der Waals surface area contributed by atoms with E-state index >= 15 is 0 Å². The highest BCUT2D eigenvalue weighted by Gasteiger charge is 1.86. The smallest absolute Gasteiger partial charge is 0.00281 e. The Morgan fingerprint density at radius 3 is 1.00 bits per heavy atom. The Kier molecular flexibility index (Phi) is 21.8. The molecule has 2 N–H and O–H groups in total. The fourth-order valence-corrected chi connectivity index (χ4v) is 3.46. The Labute approximate surface area is 90.9 Å². The van der Waals surface area contributed by atoms with Crippen molar-refractivity contribution in [3.8, 4) is 0 Å². The van der Waals surface area contributed by atoms with Crippen LogP contribution in [0.3, 0.4) is 0 Å². The van der Waals surface area contributed by atoms with Gasteiger partial charge >= 0.3 is 0 Å². The van der Waals surface area contributed by atoms with Gasteiger partial charge in [0.05, 0.1) is 0 Å². The van der Waals surface area contributed by atoms with Crippen molar-refractivity contribution in [3.63, 3.8) is 0 Å². The first-order valence-electron chi connectivity index (χ1n) is 5.54. The van der Waals surface area contributed by atoms with E-state index in [1.54, 1.807) is 0 Å². The van der Waals surface area contributed by atoms with Crippen molar-refractivity contribution in [2.75, 3.05) is 0 Å². The SMILES string of the molecule is CC(C)CC[SiH3].CC(C)CC[SiH3].O. The lowest BCUT2D eigenvalue weighted by Gasteiger charge is -1.95. The quantitative estimate of drug-likeness (QED) is 0.631. The summed E-state index contributed by atoms with van der Waals surface area (Å²) in [5.41, 5.74) is 0. The lowest BCUT2D eigenvalue weighted by atomic mass is 10.2. The Morgan fingerprint density at radius 1 is 0.769 bits per heavy atom. The maximum Gasteiger partial charge on any atom is 0.00281 e. The molecule has 0 heterocycles. The molecule has 0 unspecified atom stereocenters. The summed E-state index contributed by atoms with van der Waals surface area (Å²) in [7, 11) is 2.77. The average molecular weight is 223 g/mol. The van der Waals surface area contributed by atoms with Crippen LogP contribution in [0.1, 0.15) is 40.5 Å². The standard InChI is InChI=1S/2C5H14Si.H2O/c2*1-5(2)3-4-6;/h2*5H,3-4H2,1-2,6H3;1H2. The molecule has 1 nitrogen and oxygen atoms in total. The summed E-state index contributed by atoms with van der Waals surface area (Å²) < 4.78 is 0. The van der Waals surface area contributed by atoms with E-state index in [9.17, 15) is 0 Å². The highest BCUT2D eigenvalue weighted by molar-refractivity contribution is 6.08. The lowest BCUT2D eigenvalue weighted by molar-refractivity contribution is 0.625. The van der Waals surface area contributed by atoms with Gasteiger partial charge in [-0.3, -0.25) is 0 Å². The molecular formula is C10H30OSi2. The van der Waals surface area contributed by atoms with Crippen molar-refractivity contribution < 1.29 is 5.48 Å². The van der Waals surface area contributed by atoms with Gasteiger partial charge in [0.2, 0.25) is 0 Å². The largest absolute Gasteiger partial charge is 0.412 e. The first kappa shape index (κ1) is 19.0. The molecule has 3 heteroatoms. The zero-order valence-electron chi connectivity index (χ0n) is 10.5. The van der Waals surface area contributed by atoms with Gasteiger partial charge in [0, 0.05) is 20.5 Å². The minimum atomic E-state index is 0. The van der Waals surface area contributed by atoms with Crippen molar-refractivity contribution >= 4 is 20.5 Å². The Hall–Kier alpha value is 0.394. The molecule has 0 amide bonds. The second-order valence-electron chi connectivity index (χ2n) is 4.37. The van der Waals surface area contributed by atoms with Crippen LogP contribution in [0.25, 0.3) is 0 Å². The van der Waals surface area contributed by atoms with Crippen LogP contribution in [0.5, 0.6) is 0 Å². The number of rotatable bonds is 4. The van der Waals surface area contributed by atoms with Gasteiger partial charge in [-0.05, 0) is 11.8 Å². The minimum Gasteiger partial charge on any atom is -0.412 e. The molecule has 0 aromatic rings. The predicted octanol–water partition coefficient (Wildman–Crippen LogP) is 0.808. The van der Waals surface area contributed by atoms with Gasteiger partial charge < -0.3 is 5.48 Å². The lowest BCUT2D eigenvalue weighted by Crippen LogP contribution is -1.83. The van der Waals surface area contributed by atoms with Crippen LogP contribution in [0, 0.1) is 11.8 Å². The van der Waals surface area contributed by atoms with E-state index in [2.05, 4.69) is 27.7 Å². The van der Waals surface area contributed by atoms with Crippen LogP contribution in [-0.4, -0.2) is 26.0 Å². The van der Waals surface area contributed by atoms with E-state index in [1.165, 1.54) is 45.4 Å². The monoisotopic (exact) mass is 222 g/mol. The summed E-state index contributed by atoms with van der Waals surface area (Å²) in [6.45, 7) is 9.10. The third kappa shape index (κ3) is 32.8. The zero-order valence-corrected chi connectivity index (χ0v) is 14.5. The van der Waals surface area contributed by atoms with E-state index in [1.807, 2.05) is 0 Å². The Balaban J connectivity index is -0.000000143. The van der Waals surface area contributed by atoms with Gasteiger partial charge in [-0.2, -0.15) is 0 Å². The first-order valence-corrected chi connectivity index (χ1v) is 8.37. The van der Waals surface area contributed by atoms with Gasteiger partial charge in [0.1, 0.15) is 0 Å². The number of hydrogen-bond acceptors (Lipinski definition) is 0. The molecule has 13 heavy (non-hydrogen) atoms. The summed E-state index contributed by atoms with van der Waals surface area (Å²) >= 11 is 0. The average Bonchev–Trinajstić information content (AvgIpc) is 1.87. The topological polar surface area (TPSA) is 31.5 Å².